The van der Waals surface area contributed by atoms with E-state index in [2.05, 4.69) is 4.98 Å². The molecular weight excluding hydrogens is 208 g/mol. The molecule has 1 heterocycles. The van der Waals surface area contributed by atoms with Crippen LogP contribution in [0.1, 0.15) is 18.7 Å². The van der Waals surface area contributed by atoms with Crippen LogP contribution >= 0.6 is 17.0 Å². The minimum absolute atomic E-state index is 0. The molecule has 11 heavy (non-hydrogen) atoms. The number of nitrogens with one attached hydrogen (secondary N) is 1. The molecule has 3 N–H and O–H groups in total. The Labute approximate surface area is 75.4 Å². The van der Waals surface area contributed by atoms with Crippen LogP contribution < -0.4 is 11.3 Å². The zero-order valence-corrected chi connectivity index (χ0v) is 7.92. The van der Waals surface area contributed by atoms with Crippen LogP contribution in [-0.2, 0) is 0 Å². The van der Waals surface area contributed by atoms with Crippen molar-refractivity contribution in [1.29, 1.82) is 0 Å². The van der Waals surface area contributed by atoms with Gasteiger partial charge in [-0.1, -0.05) is 6.07 Å². The first-order valence-electron chi connectivity index (χ1n) is 3.15. The van der Waals surface area contributed by atoms with E-state index in [-0.39, 0.29) is 28.6 Å². The Balaban J connectivity index is 0.000001000. The van der Waals surface area contributed by atoms with Gasteiger partial charge < -0.3 is 10.7 Å². The maximum atomic E-state index is 10.7. The predicted molar refractivity (Wildman–Crippen MR) is 50.0 cm³/mol. The SMILES string of the molecule is Br.CC(N)c1cccc(=O)[nH]1. The molecule has 0 fully saturated rings. The Morgan fingerprint density at radius 2 is 2.18 bits per heavy atom. The first-order valence-corrected chi connectivity index (χ1v) is 3.15. The number of hydrogen-bond donors (Lipinski definition) is 2. The molecule has 0 saturated carbocycles. The molecular formula is C7H11BrN2O. The third-order valence-corrected chi connectivity index (χ3v) is 1.28. The summed E-state index contributed by atoms with van der Waals surface area (Å²) in [7, 11) is 0. The molecule has 1 unspecified atom stereocenters. The zero-order chi connectivity index (χ0) is 7.56. The van der Waals surface area contributed by atoms with Crippen molar-refractivity contribution in [2.75, 3.05) is 0 Å². The number of aromatic nitrogens is 1. The lowest BCUT2D eigenvalue weighted by atomic mass is 10.2. The molecule has 0 bridgehead atoms. The molecule has 1 rings (SSSR count). The third-order valence-electron chi connectivity index (χ3n) is 1.28. The number of H-pyrrole nitrogens is 1. The van der Waals surface area contributed by atoms with Crippen LogP contribution in [0.15, 0.2) is 23.0 Å². The monoisotopic (exact) mass is 218 g/mol. The molecule has 0 amide bonds. The zero-order valence-electron chi connectivity index (χ0n) is 6.20. The summed E-state index contributed by atoms with van der Waals surface area (Å²) in [6, 6.07) is 4.85. The van der Waals surface area contributed by atoms with E-state index in [9.17, 15) is 4.79 Å². The van der Waals surface area contributed by atoms with E-state index >= 15 is 0 Å². The Kier molecular flexibility index (Phi) is 4.07. The van der Waals surface area contributed by atoms with Crippen LogP contribution in [-0.4, -0.2) is 4.98 Å². The normalized spacial score (nSPS) is 11.8. The maximum absolute atomic E-state index is 10.7. The summed E-state index contributed by atoms with van der Waals surface area (Å²) in [5.41, 5.74) is 6.18. The quantitative estimate of drug-likeness (QED) is 0.739. The van der Waals surface area contributed by atoms with Crippen LogP contribution in [0.5, 0.6) is 0 Å². The minimum Gasteiger partial charge on any atom is -0.325 e. The van der Waals surface area contributed by atoms with E-state index in [1.807, 2.05) is 6.92 Å². The summed E-state index contributed by atoms with van der Waals surface area (Å²) in [5.74, 6) is 0. The lowest BCUT2D eigenvalue weighted by Crippen LogP contribution is -2.13. The van der Waals surface area contributed by atoms with Crippen molar-refractivity contribution in [2.24, 2.45) is 5.73 Å². The largest absolute Gasteiger partial charge is 0.325 e. The van der Waals surface area contributed by atoms with Crippen molar-refractivity contribution < 1.29 is 0 Å². The van der Waals surface area contributed by atoms with Crippen molar-refractivity contribution >= 4 is 17.0 Å². The van der Waals surface area contributed by atoms with Crippen LogP contribution in [0.25, 0.3) is 0 Å². The number of pyridine rings is 1. The summed E-state index contributed by atoms with van der Waals surface area (Å²) in [5, 5.41) is 0. The third kappa shape index (κ3) is 2.86. The number of nitrogens with two attached hydrogens (primary N) is 1. The minimum atomic E-state index is -0.103. The molecule has 0 aliphatic carbocycles. The maximum Gasteiger partial charge on any atom is 0.248 e. The highest BCUT2D eigenvalue weighted by atomic mass is 79.9. The second-order valence-corrected chi connectivity index (χ2v) is 2.26. The second kappa shape index (κ2) is 4.31. The van der Waals surface area contributed by atoms with Crippen LogP contribution in [0.4, 0.5) is 0 Å². The van der Waals surface area contributed by atoms with Gasteiger partial charge in [-0.2, -0.15) is 0 Å². The van der Waals surface area contributed by atoms with Crippen molar-refractivity contribution in [2.45, 2.75) is 13.0 Å². The van der Waals surface area contributed by atoms with Crippen LogP contribution in [0, 0.1) is 0 Å². The van der Waals surface area contributed by atoms with Gasteiger partial charge in [0, 0.05) is 17.8 Å². The van der Waals surface area contributed by atoms with E-state index in [4.69, 9.17) is 5.73 Å². The average Bonchev–Trinajstić information content (AvgIpc) is 1.88. The first kappa shape index (κ1) is 10.4. The molecule has 1 aromatic rings. The topological polar surface area (TPSA) is 58.9 Å². The average molecular weight is 219 g/mol. The highest BCUT2D eigenvalue weighted by Gasteiger charge is 1.96. The molecule has 0 aliphatic rings. The van der Waals surface area contributed by atoms with Crippen molar-refractivity contribution in [1.82, 2.24) is 4.98 Å². The number of hydrogen-bond acceptors (Lipinski definition) is 2. The Morgan fingerprint density at radius 3 is 2.55 bits per heavy atom. The van der Waals surface area contributed by atoms with Gasteiger partial charge >= 0.3 is 0 Å². The highest BCUT2D eigenvalue weighted by molar-refractivity contribution is 8.93. The standard InChI is InChI=1S/C7H10N2O.BrH/c1-5(8)6-3-2-4-7(10)9-6;/h2-5H,8H2,1H3,(H,9,10);1H. The Bertz CT molecular complexity index is 269. The van der Waals surface area contributed by atoms with E-state index in [0.29, 0.717) is 0 Å². The van der Waals surface area contributed by atoms with E-state index in [1.165, 1.54) is 6.07 Å². The molecule has 0 saturated heterocycles. The number of rotatable bonds is 1. The van der Waals surface area contributed by atoms with Crippen molar-refractivity contribution in [3.05, 3.63) is 34.2 Å². The fourth-order valence-electron chi connectivity index (χ4n) is 0.730. The van der Waals surface area contributed by atoms with Gasteiger partial charge in [0.05, 0.1) is 0 Å². The first-order chi connectivity index (χ1) is 4.70. The summed E-state index contributed by atoms with van der Waals surface area (Å²) in [4.78, 5) is 13.3. The molecule has 0 radical (unpaired) electrons. The van der Waals surface area contributed by atoms with Crippen molar-refractivity contribution in [3.8, 4) is 0 Å². The van der Waals surface area contributed by atoms with Gasteiger partial charge in [-0.05, 0) is 13.0 Å². The summed E-state index contributed by atoms with van der Waals surface area (Å²) >= 11 is 0. The molecule has 1 atom stereocenters. The van der Waals surface area contributed by atoms with Gasteiger partial charge in [-0.25, -0.2) is 0 Å². The second-order valence-electron chi connectivity index (χ2n) is 2.26. The summed E-state index contributed by atoms with van der Waals surface area (Å²) < 4.78 is 0. The van der Waals surface area contributed by atoms with Gasteiger partial charge in [0.15, 0.2) is 0 Å². The molecule has 0 aromatic carbocycles. The van der Waals surface area contributed by atoms with Crippen molar-refractivity contribution in [3.63, 3.8) is 0 Å². The van der Waals surface area contributed by atoms with Crippen LogP contribution in [0.3, 0.4) is 0 Å². The van der Waals surface area contributed by atoms with Gasteiger partial charge in [0.1, 0.15) is 0 Å². The number of aromatic amines is 1. The lowest BCUT2D eigenvalue weighted by molar-refractivity contribution is 0.776. The fourth-order valence-corrected chi connectivity index (χ4v) is 0.730. The predicted octanol–water partition coefficient (Wildman–Crippen LogP) is 0.973. The van der Waals surface area contributed by atoms with Gasteiger partial charge in [0.2, 0.25) is 5.56 Å². The Hall–Kier alpha value is -0.610. The highest BCUT2D eigenvalue weighted by Crippen LogP contribution is 2.00. The van der Waals surface area contributed by atoms with E-state index in [1.54, 1.807) is 12.1 Å². The van der Waals surface area contributed by atoms with Gasteiger partial charge in [-0.3, -0.25) is 4.79 Å². The van der Waals surface area contributed by atoms with E-state index in [0.717, 1.165) is 5.69 Å². The Morgan fingerprint density at radius 1 is 1.55 bits per heavy atom. The van der Waals surface area contributed by atoms with Gasteiger partial charge in [-0.15, -0.1) is 17.0 Å². The molecule has 0 spiro atoms. The molecule has 1 aromatic heterocycles. The van der Waals surface area contributed by atoms with E-state index < -0.39 is 0 Å². The van der Waals surface area contributed by atoms with Gasteiger partial charge in [0.25, 0.3) is 0 Å². The molecule has 62 valence electrons. The molecule has 4 heteroatoms. The lowest BCUT2D eigenvalue weighted by Gasteiger charge is -2.02. The summed E-state index contributed by atoms with van der Waals surface area (Å²) in [6.45, 7) is 1.82. The molecule has 3 nitrogen and oxygen atoms in total. The number of halogens is 1. The smallest absolute Gasteiger partial charge is 0.248 e. The molecule has 0 aliphatic heterocycles. The fraction of sp³-hybridized carbons (Fsp3) is 0.286. The van der Waals surface area contributed by atoms with Crippen LogP contribution in [0.2, 0.25) is 0 Å². The summed E-state index contributed by atoms with van der Waals surface area (Å²) in [6.07, 6.45) is 0.